The molecule has 1 heterocycles. The Balaban J connectivity index is 1.95. The van der Waals surface area contributed by atoms with E-state index in [1.807, 2.05) is 49.5 Å². The molecule has 0 fully saturated rings. The van der Waals surface area contributed by atoms with Crippen molar-refractivity contribution in [3.05, 3.63) is 48.5 Å². The van der Waals surface area contributed by atoms with E-state index in [1.54, 1.807) is 7.11 Å². The predicted molar refractivity (Wildman–Crippen MR) is 117 cm³/mol. The molecule has 148 valence electrons. The summed E-state index contributed by atoms with van der Waals surface area (Å²) in [5.74, 6) is 2.48. The SMILES string of the molecule is COc1ccc(N(C)c2nc(N(C)CCCN(C)C)nc3ccccc23)cc1. The molecule has 6 heteroatoms. The summed E-state index contributed by atoms with van der Waals surface area (Å²) in [4.78, 5) is 16.1. The summed E-state index contributed by atoms with van der Waals surface area (Å²) >= 11 is 0. The highest BCUT2D eigenvalue weighted by Gasteiger charge is 2.15. The molecule has 28 heavy (non-hydrogen) atoms. The highest BCUT2D eigenvalue weighted by molar-refractivity contribution is 5.92. The quantitative estimate of drug-likeness (QED) is 0.593. The summed E-state index contributed by atoms with van der Waals surface area (Å²) in [7, 11) is 9.95. The molecular weight excluding hydrogens is 350 g/mol. The maximum absolute atomic E-state index is 5.28. The van der Waals surface area contributed by atoms with Crippen LogP contribution in [0.1, 0.15) is 6.42 Å². The zero-order valence-corrected chi connectivity index (χ0v) is 17.4. The molecule has 3 aromatic rings. The second-order valence-electron chi connectivity index (χ2n) is 7.20. The normalized spacial score (nSPS) is 11.1. The molecule has 0 amide bonds. The van der Waals surface area contributed by atoms with Gasteiger partial charge in [0.15, 0.2) is 0 Å². The van der Waals surface area contributed by atoms with Crippen molar-refractivity contribution < 1.29 is 4.74 Å². The molecule has 1 aromatic heterocycles. The van der Waals surface area contributed by atoms with E-state index in [9.17, 15) is 0 Å². The first-order chi connectivity index (χ1) is 13.5. The van der Waals surface area contributed by atoms with Crippen molar-refractivity contribution in [2.45, 2.75) is 6.42 Å². The zero-order chi connectivity index (χ0) is 20.1. The van der Waals surface area contributed by atoms with Gasteiger partial charge in [0.25, 0.3) is 0 Å². The Bertz CT molecular complexity index is 910. The Kier molecular flexibility index (Phi) is 6.31. The summed E-state index contributed by atoms with van der Waals surface area (Å²) in [5, 5.41) is 1.03. The van der Waals surface area contributed by atoms with Gasteiger partial charge in [0, 0.05) is 31.7 Å². The van der Waals surface area contributed by atoms with E-state index in [4.69, 9.17) is 14.7 Å². The minimum absolute atomic E-state index is 0.743. The van der Waals surface area contributed by atoms with Crippen LogP contribution < -0.4 is 14.5 Å². The fourth-order valence-corrected chi connectivity index (χ4v) is 3.13. The number of nitrogens with zero attached hydrogens (tertiary/aromatic N) is 5. The number of hydrogen-bond donors (Lipinski definition) is 0. The standard InChI is InChI=1S/C22H29N5O/c1-25(2)15-8-16-26(3)22-23-20-10-7-6-9-19(20)21(24-22)27(4)17-11-13-18(28-5)14-12-17/h6-7,9-14H,8,15-16H2,1-5H3. The maximum atomic E-state index is 5.28. The molecule has 6 nitrogen and oxygen atoms in total. The highest BCUT2D eigenvalue weighted by atomic mass is 16.5. The van der Waals surface area contributed by atoms with Crippen LogP contribution in [0.2, 0.25) is 0 Å². The van der Waals surface area contributed by atoms with Gasteiger partial charge in [-0.3, -0.25) is 0 Å². The number of fused-ring (bicyclic) bond motifs is 1. The third-order valence-electron chi connectivity index (χ3n) is 4.79. The molecule has 3 rings (SSSR count). The monoisotopic (exact) mass is 379 g/mol. The van der Waals surface area contributed by atoms with Gasteiger partial charge >= 0.3 is 0 Å². The molecule has 0 saturated heterocycles. The molecular formula is C22H29N5O. The Labute approximate surface area is 167 Å². The third-order valence-corrected chi connectivity index (χ3v) is 4.79. The van der Waals surface area contributed by atoms with Crippen LogP contribution in [0.4, 0.5) is 17.5 Å². The topological polar surface area (TPSA) is 44.7 Å². The number of rotatable bonds is 8. The van der Waals surface area contributed by atoms with Gasteiger partial charge in [0.2, 0.25) is 5.95 Å². The van der Waals surface area contributed by atoms with E-state index in [1.165, 1.54) is 0 Å². The summed E-state index contributed by atoms with van der Waals surface area (Å²) in [6.07, 6.45) is 1.06. The largest absolute Gasteiger partial charge is 0.497 e. The van der Waals surface area contributed by atoms with Crippen LogP contribution in [0.25, 0.3) is 10.9 Å². The first-order valence-electron chi connectivity index (χ1n) is 9.50. The summed E-state index contributed by atoms with van der Waals surface area (Å²) < 4.78 is 5.28. The lowest BCUT2D eigenvalue weighted by molar-refractivity contribution is 0.401. The molecule has 2 aromatic carbocycles. The van der Waals surface area contributed by atoms with Crippen molar-refractivity contribution in [1.29, 1.82) is 0 Å². The van der Waals surface area contributed by atoms with Crippen LogP contribution in [0.5, 0.6) is 5.75 Å². The number of aromatic nitrogens is 2. The van der Waals surface area contributed by atoms with Crippen LogP contribution >= 0.6 is 0 Å². The molecule has 0 N–H and O–H groups in total. The fourth-order valence-electron chi connectivity index (χ4n) is 3.13. The van der Waals surface area contributed by atoms with Gasteiger partial charge in [-0.25, -0.2) is 4.98 Å². The van der Waals surface area contributed by atoms with Crippen LogP contribution in [0.3, 0.4) is 0 Å². The number of benzene rings is 2. The van der Waals surface area contributed by atoms with Crippen LogP contribution in [0.15, 0.2) is 48.5 Å². The minimum Gasteiger partial charge on any atom is -0.497 e. The Hall–Kier alpha value is -2.86. The van der Waals surface area contributed by atoms with E-state index >= 15 is 0 Å². The second-order valence-corrected chi connectivity index (χ2v) is 7.20. The Morgan fingerprint density at radius 1 is 0.857 bits per heavy atom. The van der Waals surface area contributed by atoms with Crippen molar-refractivity contribution in [3.63, 3.8) is 0 Å². The number of para-hydroxylation sites is 1. The third kappa shape index (κ3) is 4.51. The van der Waals surface area contributed by atoms with Crippen LogP contribution in [0, 0.1) is 0 Å². The van der Waals surface area contributed by atoms with Gasteiger partial charge < -0.3 is 19.4 Å². The lowest BCUT2D eigenvalue weighted by Gasteiger charge is -2.24. The molecule has 0 aliphatic heterocycles. The van der Waals surface area contributed by atoms with E-state index in [0.29, 0.717) is 0 Å². The van der Waals surface area contributed by atoms with Gasteiger partial charge in [0.05, 0.1) is 12.6 Å². The highest BCUT2D eigenvalue weighted by Crippen LogP contribution is 2.31. The number of anilines is 3. The lowest BCUT2D eigenvalue weighted by Crippen LogP contribution is -2.25. The van der Waals surface area contributed by atoms with Gasteiger partial charge in [-0.1, -0.05) is 12.1 Å². The van der Waals surface area contributed by atoms with Crippen molar-refractivity contribution in [3.8, 4) is 5.75 Å². The van der Waals surface area contributed by atoms with Gasteiger partial charge in [-0.2, -0.15) is 4.98 Å². The van der Waals surface area contributed by atoms with Crippen LogP contribution in [-0.4, -0.2) is 63.3 Å². The van der Waals surface area contributed by atoms with Gasteiger partial charge in [-0.15, -0.1) is 0 Å². The average molecular weight is 380 g/mol. The maximum Gasteiger partial charge on any atom is 0.227 e. The van der Waals surface area contributed by atoms with E-state index in [2.05, 4.69) is 41.9 Å². The molecule has 0 saturated carbocycles. The molecule has 0 atom stereocenters. The van der Waals surface area contributed by atoms with Gasteiger partial charge in [0.1, 0.15) is 11.6 Å². The van der Waals surface area contributed by atoms with Crippen molar-refractivity contribution in [1.82, 2.24) is 14.9 Å². The van der Waals surface area contributed by atoms with Gasteiger partial charge in [-0.05, 0) is 63.5 Å². The molecule has 0 aliphatic carbocycles. The summed E-state index contributed by atoms with van der Waals surface area (Å²) in [5.41, 5.74) is 1.99. The molecule has 0 unspecified atom stereocenters. The first kappa shape index (κ1) is 19.9. The summed E-state index contributed by atoms with van der Waals surface area (Å²) in [6.45, 7) is 1.94. The van der Waals surface area contributed by atoms with Crippen molar-refractivity contribution >= 4 is 28.4 Å². The van der Waals surface area contributed by atoms with Crippen molar-refractivity contribution in [2.75, 3.05) is 58.2 Å². The predicted octanol–water partition coefficient (Wildman–Crippen LogP) is 3.79. The van der Waals surface area contributed by atoms with Crippen LogP contribution in [-0.2, 0) is 0 Å². The number of methoxy groups -OCH3 is 1. The second kappa shape index (κ2) is 8.89. The molecule has 0 aliphatic rings. The lowest BCUT2D eigenvalue weighted by atomic mass is 10.2. The average Bonchev–Trinajstić information content (AvgIpc) is 2.72. The van der Waals surface area contributed by atoms with E-state index in [0.717, 1.165) is 53.6 Å². The smallest absolute Gasteiger partial charge is 0.227 e. The molecule has 0 bridgehead atoms. The Morgan fingerprint density at radius 3 is 2.25 bits per heavy atom. The number of hydrogen-bond acceptors (Lipinski definition) is 6. The summed E-state index contributed by atoms with van der Waals surface area (Å²) in [6, 6.07) is 16.2. The fraction of sp³-hybridized carbons (Fsp3) is 0.364. The van der Waals surface area contributed by atoms with E-state index < -0.39 is 0 Å². The first-order valence-corrected chi connectivity index (χ1v) is 9.50. The number of ether oxygens (including phenoxy) is 1. The minimum atomic E-state index is 0.743. The zero-order valence-electron chi connectivity index (χ0n) is 17.4. The molecule has 0 spiro atoms. The molecule has 0 radical (unpaired) electrons. The van der Waals surface area contributed by atoms with Crippen molar-refractivity contribution in [2.24, 2.45) is 0 Å². The Morgan fingerprint density at radius 2 is 1.57 bits per heavy atom. The van der Waals surface area contributed by atoms with E-state index in [-0.39, 0.29) is 0 Å².